The molecule has 5 nitrogen and oxygen atoms in total. The Balaban J connectivity index is 5.11. The molecule has 0 fully saturated rings. The molecule has 0 spiro atoms. The Morgan fingerprint density at radius 2 is 1.79 bits per heavy atom. The minimum atomic E-state index is -1.99. The summed E-state index contributed by atoms with van der Waals surface area (Å²) in [4.78, 5) is 11.8. The van der Waals surface area contributed by atoms with Crippen molar-refractivity contribution in [1.29, 1.82) is 0 Å². The molecule has 0 radical (unpaired) electrons. The van der Waals surface area contributed by atoms with Crippen LogP contribution in [0.25, 0.3) is 0 Å². The molecule has 0 amide bonds. The third-order valence-corrected chi connectivity index (χ3v) is 2.83. The zero-order valence-corrected chi connectivity index (χ0v) is 13.9. The van der Waals surface area contributed by atoms with Gasteiger partial charge in [-0.2, -0.15) is 0 Å². The Morgan fingerprint density at radius 1 is 1.21 bits per heavy atom. The Bertz CT molecular complexity index is 311. The van der Waals surface area contributed by atoms with Crippen molar-refractivity contribution in [2.24, 2.45) is 0 Å². The Hall–Kier alpha value is -0.693. The molecular weight excluding hydrogens is 264 g/mol. The lowest BCUT2D eigenvalue weighted by atomic mass is 10.4. The van der Waals surface area contributed by atoms with Crippen molar-refractivity contribution in [3.8, 4) is 0 Å². The van der Waals surface area contributed by atoms with Gasteiger partial charge in [-0.3, -0.25) is 0 Å². The molecule has 0 bridgehead atoms. The highest BCUT2D eigenvalue weighted by atomic mass is 28.4. The van der Waals surface area contributed by atoms with Crippen LogP contribution in [0.1, 0.15) is 20.8 Å². The van der Waals surface area contributed by atoms with Crippen molar-refractivity contribution in [1.82, 2.24) is 0 Å². The van der Waals surface area contributed by atoms with Gasteiger partial charge in [0.2, 0.25) is 0 Å². The standard InChI is InChI=1S/C13H26O5Si/c1-8-15-10-13(16-9-2,18-19(5,6)7)17-12(14)11(3)4/h3,8-10H2,1-2,4-7H3. The molecule has 0 heterocycles. The van der Waals surface area contributed by atoms with Gasteiger partial charge in [0, 0.05) is 12.2 Å². The van der Waals surface area contributed by atoms with Gasteiger partial charge in [0.05, 0.1) is 6.61 Å². The number of hydrogen-bond acceptors (Lipinski definition) is 5. The first kappa shape index (κ1) is 18.3. The van der Waals surface area contributed by atoms with Gasteiger partial charge in [-0.15, -0.1) is 0 Å². The van der Waals surface area contributed by atoms with E-state index in [0.29, 0.717) is 18.8 Å². The Kier molecular flexibility index (Phi) is 7.51. The van der Waals surface area contributed by atoms with Crippen LogP contribution in [0.5, 0.6) is 0 Å². The smallest absolute Gasteiger partial charge is 0.344 e. The van der Waals surface area contributed by atoms with E-state index >= 15 is 0 Å². The number of rotatable bonds is 9. The Morgan fingerprint density at radius 3 is 2.16 bits per heavy atom. The van der Waals surface area contributed by atoms with Crippen LogP contribution in [0.2, 0.25) is 19.6 Å². The van der Waals surface area contributed by atoms with Gasteiger partial charge in [0.15, 0.2) is 8.32 Å². The zero-order valence-electron chi connectivity index (χ0n) is 12.9. The molecule has 0 rings (SSSR count). The molecule has 0 saturated carbocycles. The number of ether oxygens (including phenoxy) is 3. The summed E-state index contributed by atoms with van der Waals surface area (Å²) in [6.07, 6.45) is 0. The van der Waals surface area contributed by atoms with Crippen molar-refractivity contribution in [3.05, 3.63) is 12.2 Å². The maximum atomic E-state index is 11.8. The molecule has 0 aliphatic carbocycles. The monoisotopic (exact) mass is 290 g/mol. The predicted molar refractivity (Wildman–Crippen MR) is 76.2 cm³/mol. The maximum Gasteiger partial charge on any atom is 0.344 e. The van der Waals surface area contributed by atoms with E-state index in [1.165, 1.54) is 0 Å². The van der Waals surface area contributed by atoms with E-state index in [9.17, 15) is 4.79 Å². The fraction of sp³-hybridized carbons (Fsp3) is 0.769. The molecule has 0 aromatic heterocycles. The van der Waals surface area contributed by atoms with Crippen LogP contribution < -0.4 is 0 Å². The van der Waals surface area contributed by atoms with Crippen LogP contribution in [0, 0.1) is 0 Å². The van der Waals surface area contributed by atoms with Gasteiger partial charge in [0.1, 0.15) is 6.61 Å². The number of hydrogen-bond donors (Lipinski definition) is 0. The molecule has 19 heavy (non-hydrogen) atoms. The van der Waals surface area contributed by atoms with Gasteiger partial charge in [-0.05, 0) is 40.4 Å². The first-order chi connectivity index (χ1) is 8.66. The highest BCUT2D eigenvalue weighted by Crippen LogP contribution is 2.23. The summed E-state index contributed by atoms with van der Waals surface area (Å²) < 4.78 is 22.1. The number of carbonyl (C=O) groups is 1. The van der Waals surface area contributed by atoms with E-state index < -0.39 is 20.3 Å². The van der Waals surface area contributed by atoms with E-state index in [4.69, 9.17) is 18.6 Å². The third kappa shape index (κ3) is 7.46. The zero-order chi connectivity index (χ0) is 15.1. The van der Waals surface area contributed by atoms with Crippen LogP contribution in [-0.2, 0) is 23.4 Å². The lowest BCUT2D eigenvalue weighted by Crippen LogP contribution is -2.51. The molecule has 1 unspecified atom stereocenters. The quantitative estimate of drug-likeness (QED) is 0.283. The molecule has 0 aliphatic rings. The van der Waals surface area contributed by atoms with Gasteiger partial charge in [-0.1, -0.05) is 6.58 Å². The third-order valence-electron chi connectivity index (χ3n) is 1.91. The summed E-state index contributed by atoms with van der Waals surface area (Å²) in [5, 5.41) is 0. The van der Waals surface area contributed by atoms with E-state index in [0.717, 1.165) is 0 Å². The molecule has 6 heteroatoms. The highest BCUT2D eigenvalue weighted by Gasteiger charge is 2.41. The maximum absolute atomic E-state index is 11.8. The SMILES string of the molecule is C=C(C)C(=O)OC(COCC)(OCC)O[Si](C)(C)C. The summed E-state index contributed by atoms with van der Waals surface area (Å²) in [5.41, 5.74) is 0.291. The molecular formula is C13H26O5Si. The van der Waals surface area contributed by atoms with Crippen LogP contribution in [0.4, 0.5) is 0 Å². The average Bonchev–Trinajstić information content (AvgIpc) is 2.24. The molecule has 0 N–H and O–H groups in total. The second kappa shape index (κ2) is 7.79. The first-order valence-corrected chi connectivity index (χ1v) is 9.87. The molecule has 112 valence electrons. The molecule has 0 aromatic rings. The first-order valence-electron chi connectivity index (χ1n) is 6.46. The van der Waals surface area contributed by atoms with E-state index in [-0.39, 0.29) is 6.61 Å². The molecule has 0 aliphatic heterocycles. The lowest BCUT2D eigenvalue weighted by molar-refractivity contribution is -0.344. The number of esters is 1. The van der Waals surface area contributed by atoms with Gasteiger partial charge in [-0.25, -0.2) is 4.79 Å². The van der Waals surface area contributed by atoms with E-state index in [1.807, 2.05) is 33.5 Å². The van der Waals surface area contributed by atoms with Crippen molar-refractivity contribution in [2.75, 3.05) is 19.8 Å². The predicted octanol–water partition coefficient (Wildman–Crippen LogP) is 2.68. The Labute approximate surface area is 117 Å². The number of carbonyl (C=O) groups excluding carboxylic acids is 1. The van der Waals surface area contributed by atoms with Crippen LogP contribution in [-0.4, -0.2) is 40.1 Å². The molecule has 1 atom stereocenters. The van der Waals surface area contributed by atoms with Crippen LogP contribution in [0.15, 0.2) is 12.2 Å². The van der Waals surface area contributed by atoms with Crippen molar-refractivity contribution < 1.29 is 23.4 Å². The summed E-state index contributed by atoms with van der Waals surface area (Å²) in [6, 6.07) is 0. The van der Waals surface area contributed by atoms with Crippen molar-refractivity contribution in [2.45, 2.75) is 46.4 Å². The average molecular weight is 290 g/mol. The highest BCUT2D eigenvalue weighted by molar-refractivity contribution is 6.69. The van der Waals surface area contributed by atoms with Crippen molar-refractivity contribution in [3.63, 3.8) is 0 Å². The van der Waals surface area contributed by atoms with E-state index in [1.54, 1.807) is 6.92 Å². The fourth-order valence-electron chi connectivity index (χ4n) is 1.32. The minimum absolute atomic E-state index is 0.0423. The van der Waals surface area contributed by atoms with Gasteiger partial charge < -0.3 is 18.6 Å². The van der Waals surface area contributed by atoms with Gasteiger partial charge in [0.25, 0.3) is 0 Å². The topological polar surface area (TPSA) is 54.0 Å². The summed E-state index contributed by atoms with van der Waals surface area (Å²) >= 11 is 0. The molecule has 0 saturated heterocycles. The second-order valence-corrected chi connectivity index (χ2v) is 9.57. The lowest BCUT2D eigenvalue weighted by Gasteiger charge is -2.36. The fourth-order valence-corrected chi connectivity index (χ4v) is 2.41. The largest absolute Gasteiger partial charge is 0.403 e. The van der Waals surface area contributed by atoms with E-state index in [2.05, 4.69) is 6.58 Å². The summed E-state index contributed by atoms with van der Waals surface area (Å²) in [6.45, 7) is 15.6. The van der Waals surface area contributed by atoms with Gasteiger partial charge >= 0.3 is 11.9 Å². The second-order valence-electron chi connectivity index (χ2n) is 5.14. The van der Waals surface area contributed by atoms with Crippen LogP contribution >= 0.6 is 0 Å². The minimum Gasteiger partial charge on any atom is -0.403 e. The normalized spacial score (nSPS) is 14.8. The molecule has 0 aromatic carbocycles. The van der Waals surface area contributed by atoms with Crippen molar-refractivity contribution >= 4 is 14.3 Å². The van der Waals surface area contributed by atoms with Crippen LogP contribution in [0.3, 0.4) is 0 Å². The summed E-state index contributed by atoms with van der Waals surface area (Å²) in [5.74, 6) is -2.03. The summed E-state index contributed by atoms with van der Waals surface area (Å²) in [7, 11) is -1.99.